The molecule has 20 heavy (non-hydrogen) atoms. The monoisotopic (exact) mass is 285 g/mol. The van der Waals surface area contributed by atoms with Crippen LogP contribution in [0.2, 0.25) is 0 Å². The quantitative estimate of drug-likeness (QED) is 0.901. The van der Waals surface area contributed by atoms with Gasteiger partial charge in [0.05, 0.1) is 0 Å². The highest BCUT2D eigenvalue weighted by molar-refractivity contribution is 7.97. The zero-order valence-corrected chi connectivity index (χ0v) is 12.9. The molecule has 0 aliphatic heterocycles. The number of anilines is 1. The van der Waals surface area contributed by atoms with Crippen LogP contribution in [0.3, 0.4) is 0 Å². The van der Waals surface area contributed by atoms with E-state index in [1.165, 1.54) is 11.1 Å². The Bertz CT molecular complexity index is 622. The van der Waals surface area contributed by atoms with Crippen LogP contribution < -0.4 is 5.32 Å². The van der Waals surface area contributed by atoms with Gasteiger partial charge in [-0.15, -0.1) is 0 Å². The molecule has 1 amide bonds. The average molecular weight is 285 g/mol. The lowest BCUT2D eigenvalue weighted by molar-refractivity contribution is 0.102. The molecule has 0 fully saturated rings. The van der Waals surface area contributed by atoms with Gasteiger partial charge in [0, 0.05) is 17.0 Å². The Morgan fingerprint density at radius 2 is 1.90 bits per heavy atom. The SMILES string of the molecule is CSCc1cccc(C(=O)Nc2cccc(C)c2C)c1. The molecule has 0 spiro atoms. The van der Waals surface area contributed by atoms with E-state index < -0.39 is 0 Å². The maximum atomic E-state index is 12.3. The van der Waals surface area contributed by atoms with Crippen molar-refractivity contribution in [3.63, 3.8) is 0 Å². The second kappa shape index (κ2) is 6.62. The van der Waals surface area contributed by atoms with Crippen LogP contribution in [0.15, 0.2) is 42.5 Å². The number of carbonyl (C=O) groups is 1. The van der Waals surface area contributed by atoms with Crippen LogP contribution in [0.25, 0.3) is 0 Å². The number of rotatable bonds is 4. The molecule has 2 aromatic rings. The number of hydrogen-bond acceptors (Lipinski definition) is 2. The van der Waals surface area contributed by atoms with Gasteiger partial charge < -0.3 is 5.32 Å². The molecule has 0 aromatic heterocycles. The number of carbonyl (C=O) groups excluding carboxylic acids is 1. The molecule has 104 valence electrons. The maximum Gasteiger partial charge on any atom is 0.255 e. The molecule has 0 heterocycles. The summed E-state index contributed by atoms with van der Waals surface area (Å²) in [7, 11) is 0. The van der Waals surface area contributed by atoms with Gasteiger partial charge in [0.25, 0.3) is 5.91 Å². The number of hydrogen-bond donors (Lipinski definition) is 1. The third-order valence-corrected chi connectivity index (χ3v) is 3.98. The van der Waals surface area contributed by atoms with Crippen molar-refractivity contribution in [3.8, 4) is 0 Å². The van der Waals surface area contributed by atoms with Gasteiger partial charge >= 0.3 is 0 Å². The van der Waals surface area contributed by atoms with Gasteiger partial charge in [-0.25, -0.2) is 0 Å². The van der Waals surface area contributed by atoms with Crippen LogP contribution in [0.1, 0.15) is 27.0 Å². The largest absolute Gasteiger partial charge is 0.322 e. The van der Waals surface area contributed by atoms with E-state index in [1.807, 2.05) is 56.3 Å². The Labute approximate surface area is 124 Å². The molecular weight excluding hydrogens is 266 g/mol. The van der Waals surface area contributed by atoms with Crippen molar-refractivity contribution >= 4 is 23.4 Å². The molecule has 0 saturated carbocycles. The van der Waals surface area contributed by atoms with Gasteiger partial charge in [0.2, 0.25) is 0 Å². The zero-order valence-electron chi connectivity index (χ0n) is 12.1. The van der Waals surface area contributed by atoms with Crippen LogP contribution in [0.4, 0.5) is 5.69 Å². The summed E-state index contributed by atoms with van der Waals surface area (Å²) in [6.07, 6.45) is 2.06. The van der Waals surface area contributed by atoms with E-state index in [0.29, 0.717) is 5.56 Å². The highest BCUT2D eigenvalue weighted by Gasteiger charge is 2.09. The number of thioether (sulfide) groups is 1. The van der Waals surface area contributed by atoms with Crippen LogP contribution >= 0.6 is 11.8 Å². The number of amides is 1. The fraction of sp³-hybridized carbons (Fsp3) is 0.235. The second-order valence-corrected chi connectivity index (χ2v) is 5.70. The van der Waals surface area contributed by atoms with Crippen molar-refractivity contribution < 1.29 is 4.79 Å². The Morgan fingerprint density at radius 3 is 2.65 bits per heavy atom. The molecule has 0 aliphatic rings. The van der Waals surface area contributed by atoms with E-state index in [1.54, 1.807) is 11.8 Å². The summed E-state index contributed by atoms with van der Waals surface area (Å²) < 4.78 is 0. The first-order valence-electron chi connectivity index (χ1n) is 6.57. The zero-order chi connectivity index (χ0) is 14.5. The number of aryl methyl sites for hydroxylation is 1. The van der Waals surface area contributed by atoms with Crippen molar-refractivity contribution in [2.75, 3.05) is 11.6 Å². The minimum absolute atomic E-state index is 0.0540. The summed E-state index contributed by atoms with van der Waals surface area (Å²) >= 11 is 1.75. The summed E-state index contributed by atoms with van der Waals surface area (Å²) in [4.78, 5) is 12.3. The molecular formula is C17H19NOS. The molecule has 0 bridgehead atoms. The Kier molecular flexibility index (Phi) is 4.85. The van der Waals surface area contributed by atoms with Crippen LogP contribution in [0, 0.1) is 13.8 Å². The van der Waals surface area contributed by atoms with E-state index in [2.05, 4.69) is 11.6 Å². The van der Waals surface area contributed by atoms with Crippen molar-refractivity contribution in [1.82, 2.24) is 0 Å². The van der Waals surface area contributed by atoms with E-state index in [0.717, 1.165) is 17.0 Å². The van der Waals surface area contributed by atoms with E-state index in [9.17, 15) is 4.79 Å². The molecule has 0 aliphatic carbocycles. The van der Waals surface area contributed by atoms with E-state index in [4.69, 9.17) is 0 Å². The standard InChI is InChI=1S/C17H19NOS/c1-12-6-4-9-16(13(12)2)18-17(19)15-8-5-7-14(10-15)11-20-3/h4-10H,11H2,1-3H3,(H,18,19). The lowest BCUT2D eigenvalue weighted by Crippen LogP contribution is -2.13. The predicted octanol–water partition coefficient (Wildman–Crippen LogP) is 4.42. The third-order valence-electron chi connectivity index (χ3n) is 3.35. The molecule has 3 heteroatoms. The molecule has 0 atom stereocenters. The Balaban J connectivity index is 2.19. The molecule has 0 unspecified atom stereocenters. The molecule has 2 rings (SSSR count). The number of benzene rings is 2. The minimum atomic E-state index is -0.0540. The van der Waals surface area contributed by atoms with Gasteiger partial charge in [-0.1, -0.05) is 24.3 Å². The third kappa shape index (κ3) is 3.42. The summed E-state index contributed by atoms with van der Waals surface area (Å²) in [6.45, 7) is 4.07. The van der Waals surface area contributed by atoms with Crippen molar-refractivity contribution in [2.45, 2.75) is 19.6 Å². The van der Waals surface area contributed by atoms with Crippen LogP contribution in [-0.2, 0) is 5.75 Å². The second-order valence-electron chi connectivity index (χ2n) is 4.83. The molecule has 1 N–H and O–H groups in total. The van der Waals surface area contributed by atoms with Gasteiger partial charge in [-0.05, 0) is 55.0 Å². The lowest BCUT2D eigenvalue weighted by Gasteiger charge is -2.11. The normalized spacial score (nSPS) is 10.3. The van der Waals surface area contributed by atoms with Gasteiger partial charge in [0.15, 0.2) is 0 Å². The minimum Gasteiger partial charge on any atom is -0.322 e. The van der Waals surface area contributed by atoms with E-state index >= 15 is 0 Å². The first kappa shape index (κ1) is 14.7. The van der Waals surface area contributed by atoms with Gasteiger partial charge in [0.1, 0.15) is 0 Å². The van der Waals surface area contributed by atoms with Crippen molar-refractivity contribution in [2.24, 2.45) is 0 Å². The Morgan fingerprint density at radius 1 is 1.15 bits per heavy atom. The van der Waals surface area contributed by atoms with Crippen molar-refractivity contribution in [3.05, 3.63) is 64.7 Å². The first-order valence-corrected chi connectivity index (χ1v) is 7.96. The fourth-order valence-corrected chi connectivity index (χ4v) is 2.56. The highest BCUT2D eigenvalue weighted by atomic mass is 32.2. The highest BCUT2D eigenvalue weighted by Crippen LogP contribution is 2.19. The fourth-order valence-electron chi connectivity index (χ4n) is 2.05. The predicted molar refractivity (Wildman–Crippen MR) is 87.5 cm³/mol. The molecule has 2 nitrogen and oxygen atoms in total. The van der Waals surface area contributed by atoms with Crippen LogP contribution in [0.5, 0.6) is 0 Å². The van der Waals surface area contributed by atoms with Gasteiger partial charge in [-0.3, -0.25) is 4.79 Å². The molecule has 0 saturated heterocycles. The van der Waals surface area contributed by atoms with Crippen LogP contribution in [-0.4, -0.2) is 12.2 Å². The Hall–Kier alpha value is -1.74. The summed E-state index contributed by atoms with van der Waals surface area (Å²) in [6, 6.07) is 13.7. The maximum absolute atomic E-state index is 12.3. The molecule has 0 radical (unpaired) electrons. The summed E-state index contributed by atoms with van der Waals surface area (Å²) in [5.74, 6) is 0.867. The lowest BCUT2D eigenvalue weighted by atomic mass is 10.1. The topological polar surface area (TPSA) is 29.1 Å². The average Bonchev–Trinajstić information content (AvgIpc) is 2.44. The summed E-state index contributed by atoms with van der Waals surface area (Å²) in [5.41, 5.74) is 5.05. The van der Waals surface area contributed by atoms with Crippen molar-refractivity contribution in [1.29, 1.82) is 0 Å². The van der Waals surface area contributed by atoms with Gasteiger partial charge in [-0.2, -0.15) is 11.8 Å². The smallest absolute Gasteiger partial charge is 0.255 e. The number of nitrogens with one attached hydrogen (secondary N) is 1. The van der Waals surface area contributed by atoms with E-state index in [-0.39, 0.29) is 5.91 Å². The summed E-state index contributed by atoms with van der Waals surface area (Å²) in [5, 5.41) is 2.99. The first-order chi connectivity index (χ1) is 9.61. The molecule has 2 aromatic carbocycles.